The van der Waals surface area contributed by atoms with Gasteiger partial charge in [0.1, 0.15) is 18.4 Å². The lowest BCUT2D eigenvalue weighted by molar-refractivity contribution is -0.151. The molecule has 1 heterocycles. The molecule has 116 valence electrons. The third-order valence-corrected chi connectivity index (χ3v) is 5.51. The molecule has 0 aromatic carbocycles. The second kappa shape index (κ2) is 7.79. The molecular formula is C14H24INO4. The largest absolute Gasteiger partial charge is 0.390 e. The van der Waals surface area contributed by atoms with Crippen LogP contribution in [0.4, 0.5) is 0 Å². The summed E-state index contributed by atoms with van der Waals surface area (Å²) in [5.41, 5.74) is 0. The van der Waals surface area contributed by atoms with Gasteiger partial charge in [0.05, 0.1) is 12.2 Å². The van der Waals surface area contributed by atoms with Crippen molar-refractivity contribution in [2.45, 2.75) is 68.2 Å². The molecule has 1 fully saturated rings. The summed E-state index contributed by atoms with van der Waals surface area (Å²) in [4.78, 5) is 21.7. The molecule has 0 radical (unpaired) electrons. The van der Waals surface area contributed by atoms with E-state index in [9.17, 15) is 14.8 Å². The van der Waals surface area contributed by atoms with Crippen molar-refractivity contribution in [3.8, 4) is 0 Å². The van der Waals surface area contributed by atoms with E-state index in [1.165, 1.54) is 0 Å². The number of carbonyl (C=O) groups excluding carboxylic acids is 1. The Kier molecular flexibility index (Phi) is 7.00. The fourth-order valence-corrected chi connectivity index (χ4v) is 3.36. The van der Waals surface area contributed by atoms with Crippen LogP contribution in [0.15, 0.2) is 5.18 Å². The van der Waals surface area contributed by atoms with Gasteiger partial charge in [-0.15, -0.1) is 0 Å². The Morgan fingerprint density at radius 2 is 2.20 bits per heavy atom. The maximum absolute atomic E-state index is 11.2. The molecule has 0 aromatic heterocycles. The number of carbonyl (C=O) groups is 1. The molecule has 0 spiro atoms. The number of rotatable bonds is 7. The number of nitroso groups, excluding NO2 is 1. The Morgan fingerprint density at radius 3 is 2.70 bits per heavy atom. The fourth-order valence-electron chi connectivity index (χ4n) is 2.71. The summed E-state index contributed by atoms with van der Waals surface area (Å²) in [5.74, 6) is 0.292. The SMILES string of the molecule is CCC(C)(I)C1OC(CN=O)C(O)CC1CCC(C)=O. The lowest BCUT2D eigenvalue weighted by atomic mass is 9.80. The Bertz CT molecular complexity index is 348. The average molecular weight is 397 g/mol. The Morgan fingerprint density at radius 1 is 1.55 bits per heavy atom. The van der Waals surface area contributed by atoms with Gasteiger partial charge in [0.15, 0.2) is 0 Å². The predicted octanol–water partition coefficient (Wildman–Crippen LogP) is 2.86. The number of nitrogens with zero attached hydrogens (tertiary/aromatic N) is 1. The van der Waals surface area contributed by atoms with Crippen LogP contribution in [0, 0.1) is 10.8 Å². The van der Waals surface area contributed by atoms with Gasteiger partial charge < -0.3 is 14.6 Å². The van der Waals surface area contributed by atoms with Crippen LogP contribution >= 0.6 is 22.6 Å². The minimum atomic E-state index is -0.676. The number of hydrogen-bond acceptors (Lipinski definition) is 5. The highest BCUT2D eigenvalue weighted by Crippen LogP contribution is 2.41. The van der Waals surface area contributed by atoms with Crippen molar-refractivity contribution in [1.82, 2.24) is 0 Å². The molecule has 6 heteroatoms. The zero-order chi connectivity index (χ0) is 15.3. The van der Waals surface area contributed by atoms with E-state index in [-0.39, 0.29) is 27.8 Å². The van der Waals surface area contributed by atoms with Gasteiger partial charge in [-0.1, -0.05) is 34.7 Å². The molecule has 0 saturated carbocycles. The van der Waals surface area contributed by atoms with Crippen molar-refractivity contribution < 1.29 is 14.6 Å². The number of halogens is 1. The van der Waals surface area contributed by atoms with E-state index in [2.05, 4.69) is 41.6 Å². The highest BCUT2D eigenvalue weighted by atomic mass is 127. The van der Waals surface area contributed by atoms with Crippen LogP contribution in [0.1, 0.15) is 46.5 Å². The summed E-state index contributed by atoms with van der Waals surface area (Å²) in [6.45, 7) is 5.77. The number of hydrogen-bond donors (Lipinski definition) is 1. The van der Waals surface area contributed by atoms with Gasteiger partial charge in [0.2, 0.25) is 0 Å². The average Bonchev–Trinajstić information content (AvgIpc) is 2.38. The van der Waals surface area contributed by atoms with Crippen LogP contribution in [0.5, 0.6) is 0 Å². The molecule has 0 bridgehead atoms. The molecule has 0 aliphatic carbocycles. The van der Waals surface area contributed by atoms with Gasteiger partial charge in [-0.05, 0) is 39.0 Å². The van der Waals surface area contributed by atoms with Crippen LogP contribution in [0.3, 0.4) is 0 Å². The Hall–Kier alpha value is -0.0800. The van der Waals surface area contributed by atoms with E-state index in [0.717, 1.165) is 12.8 Å². The van der Waals surface area contributed by atoms with Crippen LogP contribution in [-0.2, 0) is 9.53 Å². The first kappa shape index (κ1) is 18.0. The second-order valence-corrected chi connectivity index (χ2v) is 8.31. The summed E-state index contributed by atoms with van der Waals surface area (Å²) in [7, 11) is 0. The molecule has 0 aromatic rings. The number of alkyl halides is 1. The molecule has 1 aliphatic heterocycles. The molecule has 5 nitrogen and oxygen atoms in total. The molecule has 1 rings (SSSR count). The van der Waals surface area contributed by atoms with E-state index in [0.29, 0.717) is 12.8 Å². The molecule has 5 unspecified atom stereocenters. The molecule has 1 saturated heterocycles. The highest BCUT2D eigenvalue weighted by molar-refractivity contribution is 14.1. The number of ketones is 1. The van der Waals surface area contributed by atoms with Crippen LogP contribution in [0.2, 0.25) is 0 Å². The summed E-state index contributed by atoms with van der Waals surface area (Å²) in [5, 5.41) is 12.9. The first-order valence-electron chi connectivity index (χ1n) is 7.12. The molecule has 1 aliphatic rings. The van der Waals surface area contributed by atoms with E-state index >= 15 is 0 Å². The van der Waals surface area contributed by atoms with Crippen molar-refractivity contribution in [3.63, 3.8) is 0 Å². The third kappa shape index (κ3) is 4.73. The molecule has 5 atom stereocenters. The zero-order valence-corrected chi connectivity index (χ0v) is 14.5. The lowest BCUT2D eigenvalue weighted by Crippen LogP contribution is -2.52. The Labute approximate surface area is 134 Å². The number of aliphatic hydroxyl groups is 1. The quantitative estimate of drug-likeness (QED) is 0.407. The predicted molar refractivity (Wildman–Crippen MR) is 86.1 cm³/mol. The highest BCUT2D eigenvalue weighted by Gasteiger charge is 2.44. The summed E-state index contributed by atoms with van der Waals surface area (Å²) < 4.78 is 5.89. The molecule has 20 heavy (non-hydrogen) atoms. The number of aliphatic hydroxyl groups excluding tert-OH is 1. The van der Waals surface area contributed by atoms with E-state index in [1.54, 1.807) is 6.92 Å². The van der Waals surface area contributed by atoms with E-state index < -0.39 is 12.2 Å². The minimum Gasteiger partial charge on any atom is -0.390 e. The standard InChI is InChI=1S/C14H24INO4/c1-4-14(3,15)13-10(6-5-9(2)17)7-11(18)12(20-13)8-16-19/h10-13,18H,4-8H2,1-3H3. The van der Waals surface area contributed by atoms with Crippen molar-refractivity contribution in [2.75, 3.05) is 6.54 Å². The summed E-state index contributed by atoms with van der Waals surface area (Å²) in [6, 6.07) is 0. The van der Waals surface area contributed by atoms with Gasteiger partial charge >= 0.3 is 0 Å². The van der Waals surface area contributed by atoms with Gasteiger partial charge in [0.25, 0.3) is 0 Å². The van der Waals surface area contributed by atoms with Gasteiger partial charge in [-0.25, -0.2) is 0 Å². The van der Waals surface area contributed by atoms with Crippen LogP contribution in [0.25, 0.3) is 0 Å². The molecular weight excluding hydrogens is 373 g/mol. The summed E-state index contributed by atoms with van der Waals surface area (Å²) >= 11 is 2.38. The molecule has 0 amide bonds. The molecule has 1 N–H and O–H groups in total. The number of ether oxygens (including phenoxy) is 1. The summed E-state index contributed by atoms with van der Waals surface area (Å²) in [6.07, 6.45) is 1.45. The maximum atomic E-state index is 11.2. The van der Waals surface area contributed by atoms with Crippen molar-refractivity contribution >= 4 is 28.4 Å². The van der Waals surface area contributed by atoms with Gasteiger partial charge in [0, 0.05) is 9.84 Å². The maximum Gasteiger partial charge on any atom is 0.129 e. The van der Waals surface area contributed by atoms with Gasteiger partial charge in [-0.2, -0.15) is 4.91 Å². The van der Waals surface area contributed by atoms with E-state index in [4.69, 9.17) is 4.74 Å². The second-order valence-electron chi connectivity index (χ2n) is 5.84. The first-order valence-corrected chi connectivity index (χ1v) is 8.20. The third-order valence-electron chi connectivity index (χ3n) is 4.13. The number of Topliss-reactive ketones (excluding diaryl/α,β-unsaturated/α-hetero) is 1. The minimum absolute atomic E-state index is 0.0203. The topological polar surface area (TPSA) is 76.0 Å². The fraction of sp³-hybridized carbons (Fsp3) is 0.929. The Balaban J connectivity index is 2.84. The van der Waals surface area contributed by atoms with Crippen LogP contribution in [-0.4, -0.2) is 39.2 Å². The monoisotopic (exact) mass is 397 g/mol. The van der Waals surface area contributed by atoms with Crippen molar-refractivity contribution in [3.05, 3.63) is 4.91 Å². The van der Waals surface area contributed by atoms with Crippen molar-refractivity contribution in [1.29, 1.82) is 0 Å². The van der Waals surface area contributed by atoms with Crippen LogP contribution < -0.4 is 0 Å². The first-order chi connectivity index (χ1) is 9.31. The normalized spacial score (nSPS) is 33.5. The van der Waals surface area contributed by atoms with Crippen molar-refractivity contribution in [2.24, 2.45) is 11.1 Å². The lowest BCUT2D eigenvalue weighted by Gasteiger charge is -2.45. The zero-order valence-electron chi connectivity index (χ0n) is 12.3. The smallest absolute Gasteiger partial charge is 0.129 e. The van der Waals surface area contributed by atoms with Gasteiger partial charge in [-0.3, -0.25) is 0 Å². The van der Waals surface area contributed by atoms with E-state index in [1.807, 2.05) is 0 Å².